The Labute approximate surface area is 147 Å². The second kappa shape index (κ2) is 6.11. The zero-order valence-corrected chi connectivity index (χ0v) is 14.3. The van der Waals surface area contributed by atoms with E-state index in [1.807, 2.05) is 37.3 Å². The minimum absolute atomic E-state index is 0.0392. The number of aromatic nitrogens is 4. The summed E-state index contributed by atoms with van der Waals surface area (Å²) in [7, 11) is 1.60. The highest BCUT2D eigenvalue weighted by Crippen LogP contribution is 2.14. The standard InChI is InChI=1S/C19H16N4O3/c1-11-3-8-14-15(9-11)20-19(25)16-17(18(14)24)23(22-21-16)10-12-4-6-13(26-2)7-5-12/h3-9H,10H2,1-2H3,(H,20,25). The van der Waals surface area contributed by atoms with E-state index in [2.05, 4.69) is 15.3 Å². The normalized spacial score (nSPS) is 11.2. The fourth-order valence-corrected chi connectivity index (χ4v) is 2.97. The van der Waals surface area contributed by atoms with Crippen LogP contribution in [0.1, 0.15) is 11.1 Å². The fourth-order valence-electron chi connectivity index (χ4n) is 2.97. The molecule has 0 aliphatic rings. The van der Waals surface area contributed by atoms with Crippen molar-refractivity contribution in [1.82, 2.24) is 20.0 Å². The third-order valence-corrected chi connectivity index (χ3v) is 4.32. The zero-order chi connectivity index (χ0) is 18.3. The maximum atomic E-state index is 13.0. The number of ether oxygens (including phenoxy) is 1. The summed E-state index contributed by atoms with van der Waals surface area (Å²) in [5.74, 6) is 0.742. The summed E-state index contributed by atoms with van der Waals surface area (Å²) >= 11 is 0. The lowest BCUT2D eigenvalue weighted by atomic mass is 10.1. The van der Waals surface area contributed by atoms with Crippen molar-refractivity contribution >= 4 is 21.9 Å². The second-order valence-electron chi connectivity index (χ2n) is 6.12. The Hall–Kier alpha value is -3.48. The van der Waals surface area contributed by atoms with Gasteiger partial charge in [-0.25, -0.2) is 4.68 Å². The van der Waals surface area contributed by atoms with Crippen molar-refractivity contribution in [3.8, 4) is 5.75 Å². The summed E-state index contributed by atoms with van der Waals surface area (Å²) in [6, 6.07) is 12.8. The molecule has 0 bridgehead atoms. The van der Waals surface area contributed by atoms with Crippen molar-refractivity contribution < 1.29 is 4.74 Å². The first kappa shape index (κ1) is 16.0. The van der Waals surface area contributed by atoms with Crippen LogP contribution in [0.3, 0.4) is 0 Å². The van der Waals surface area contributed by atoms with E-state index < -0.39 is 5.56 Å². The molecule has 0 aliphatic heterocycles. The number of aromatic amines is 1. The van der Waals surface area contributed by atoms with Crippen molar-refractivity contribution in [3.63, 3.8) is 0 Å². The van der Waals surface area contributed by atoms with Gasteiger partial charge >= 0.3 is 0 Å². The molecular formula is C19H16N4O3. The molecule has 2 heterocycles. The van der Waals surface area contributed by atoms with Gasteiger partial charge in [-0.2, -0.15) is 0 Å². The van der Waals surface area contributed by atoms with Crippen molar-refractivity contribution in [2.75, 3.05) is 7.11 Å². The van der Waals surface area contributed by atoms with E-state index in [-0.39, 0.29) is 16.5 Å². The van der Waals surface area contributed by atoms with Crippen LogP contribution in [0.15, 0.2) is 52.1 Å². The molecule has 7 heteroatoms. The van der Waals surface area contributed by atoms with Gasteiger partial charge in [0.2, 0.25) is 5.43 Å². The molecule has 0 unspecified atom stereocenters. The number of aryl methyl sites for hydroxylation is 1. The molecule has 0 saturated heterocycles. The number of methoxy groups -OCH3 is 1. The smallest absolute Gasteiger partial charge is 0.278 e. The molecule has 0 fully saturated rings. The van der Waals surface area contributed by atoms with E-state index >= 15 is 0 Å². The number of benzene rings is 2. The van der Waals surface area contributed by atoms with Crippen LogP contribution in [0.2, 0.25) is 0 Å². The van der Waals surface area contributed by atoms with Crippen LogP contribution >= 0.6 is 0 Å². The number of nitrogens with zero attached hydrogens (tertiary/aromatic N) is 3. The summed E-state index contributed by atoms with van der Waals surface area (Å²) in [5, 5.41) is 8.39. The highest BCUT2D eigenvalue weighted by Gasteiger charge is 2.14. The maximum Gasteiger partial charge on any atom is 0.278 e. The predicted molar refractivity (Wildman–Crippen MR) is 98.8 cm³/mol. The predicted octanol–water partition coefficient (Wildman–Crippen LogP) is 2.00. The molecule has 4 rings (SSSR count). The van der Waals surface area contributed by atoms with Crippen LogP contribution in [0.25, 0.3) is 21.9 Å². The summed E-state index contributed by atoms with van der Waals surface area (Å²) in [6.07, 6.45) is 0. The quantitative estimate of drug-likeness (QED) is 0.612. The van der Waals surface area contributed by atoms with Crippen molar-refractivity contribution in [3.05, 3.63) is 74.2 Å². The van der Waals surface area contributed by atoms with Gasteiger partial charge in [-0.05, 0) is 42.3 Å². The van der Waals surface area contributed by atoms with Gasteiger partial charge in [0, 0.05) is 5.39 Å². The lowest BCUT2D eigenvalue weighted by Crippen LogP contribution is -2.10. The third kappa shape index (κ3) is 2.63. The number of rotatable bonds is 3. The highest BCUT2D eigenvalue weighted by atomic mass is 16.5. The summed E-state index contributed by atoms with van der Waals surface area (Å²) < 4.78 is 6.62. The molecule has 0 amide bonds. The van der Waals surface area contributed by atoms with Gasteiger partial charge in [0.05, 0.1) is 19.2 Å². The number of hydrogen-bond acceptors (Lipinski definition) is 5. The Kier molecular flexibility index (Phi) is 3.76. The van der Waals surface area contributed by atoms with Crippen LogP contribution in [-0.2, 0) is 6.54 Å². The van der Waals surface area contributed by atoms with Gasteiger partial charge in [0.1, 0.15) is 11.3 Å². The Morgan fingerprint density at radius 2 is 1.88 bits per heavy atom. The molecule has 130 valence electrons. The fraction of sp³-hybridized carbons (Fsp3) is 0.158. The molecule has 0 atom stereocenters. The zero-order valence-electron chi connectivity index (χ0n) is 14.3. The highest BCUT2D eigenvalue weighted by molar-refractivity contribution is 5.87. The minimum Gasteiger partial charge on any atom is -0.497 e. The molecule has 2 aromatic heterocycles. The molecule has 1 N–H and O–H groups in total. The molecule has 4 aromatic rings. The number of H-pyrrole nitrogens is 1. The van der Waals surface area contributed by atoms with Crippen LogP contribution in [0.4, 0.5) is 0 Å². The van der Waals surface area contributed by atoms with Crippen LogP contribution in [0, 0.1) is 6.92 Å². The molecule has 0 radical (unpaired) electrons. The van der Waals surface area contributed by atoms with Gasteiger partial charge in [0.15, 0.2) is 5.52 Å². The van der Waals surface area contributed by atoms with Gasteiger partial charge < -0.3 is 9.72 Å². The minimum atomic E-state index is -0.432. The van der Waals surface area contributed by atoms with Gasteiger partial charge in [-0.3, -0.25) is 9.59 Å². The van der Waals surface area contributed by atoms with Crippen LogP contribution in [0.5, 0.6) is 5.75 Å². The van der Waals surface area contributed by atoms with Crippen molar-refractivity contribution in [1.29, 1.82) is 0 Å². The average Bonchev–Trinajstić information content (AvgIpc) is 3.01. The Balaban J connectivity index is 1.95. The lowest BCUT2D eigenvalue weighted by Gasteiger charge is -2.03. The molecule has 0 spiro atoms. The number of fused-ring (bicyclic) bond motifs is 2. The molecular weight excluding hydrogens is 332 g/mol. The first-order chi connectivity index (χ1) is 12.6. The first-order valence-corrected chi connectivity index (χ1v) is 8.10. The third-order valence-electron chi connectivity index (χ3n) is 4.32. The first-order valence-electron chi connectivity index (χ1n) is 8.10. The molecule has 0 saturated carbocycles. The maximum absolute atomic E-state index is 13.0. The van der Waals surface area contributed by atoms with E-state index in [1.54, 1.807) is 19.2 Å². The second-order valence-corrected chi connectivity index (χ2v) is 6.12. The van der Waals surface area contributed by atoms with E-state index in [1.165, 1.54) is 4.68 Å². The largest absolute Gasteiger partial charge is 0.497 e. The molecule has 0 aliphatic carbocycles. The van der Waals surface area contributed by atoms with Crippen LogP contribution in [-0.4, -0.2) is 27.1 Å². The molecule has 2 aromatic carbocycles. The Morgan fingerprint density at radius 3 is 2.62 bits per heavy atom. The van der Waals surface area contributed by atoms with Gasteiger partial charge in [-0.15, -0.1) is 5.10 Å². The summed E-state index contributed by atoms with van der Waals surface area (Å²) in [4.78, 5) is 28.3. The topological polar surface area (TPSA) is 89.9 Å². The SMILES string of the molecule is COc1ccc(Cn2nnc3c(=O)[nH]c4cc(C)ccc4c(=O)c32)cc1. The van der Waals surface area contributed by atoms with E-state index in [0.29, 0.717) is 17.4 Å². The summed E-state index contributed by atoms with van der Waals surface area (Å²) in [6.45, 7) is 2.23. The van der Waals surface area contributed by atoms with Gasteiger partial charge in [0.25, 0.3) is 5.56 Å². The lowest BCUT2D eigenvalue weighted by molar-refractivity contribution is 0.414. The Bertz CT molecular complexity index is 1240. The van der Waals surface area contributed by atoms with E-state index in [9.17, 15) is 9.59 Å². The average molecular weight is 348 g/mol. The Morgan fingerprint density at radius 1 is 1.12 bits per heavy atom. The van der Waals surface area contributed by atoms with Crippen molar-refractivity contribution in [2.24, 2.45) is 0 Å². The van der Waals surface area contributed by atoms with Gasteiger partial charge in [-0.1, -0.05) is 23.4 Å². The summed E-state index contributed by atoms with van der Waals surface area (Å²) in [5.41, 5.74) is 1.90. The number of nitrogens with one attached hydrogen (secondary N) is 1. The molecule has 26 heavy (non-hydrogen) atoms. The molecule has 7 nitrogen and oxygen atoms in total. The van der Waals surface area contributed by atoms with E-state index in [4.69, 9.17) is 4.74 Å². The monoisotopic (exact) mass is 348 g/mol. The van der Waals surface area contributed by atoms with Crippen molar-refractivity contribution in [2.45, 2.75) is 13.5 Å². The van der Waals surface area contributed by atoms with E-state index in [0.717, 1.165) is 16.9 Å². The van der Waals surface area contributed by atoms with Crippen LogP contribution < -0.4 is 15.7 Å². The number of hydrogen-bond donors (Lipinski definition) is 1.